The lowest BCUT2D eigenvalue weighted by atomic mass is 10.2. The van der Waals surface area contributed by atoms with Gasteiger partial charge in [-0.05, 0) is 19.1 Å². The third-order valence-electron chi connectivity index (χ3n) is 3.36. The van der Waals surface area contributed by atoms with Gasteiger partial charge in [-0.1, -0.05) is 23.2 Å². The number of ether oxygens (including phenoxy) is 1. The highest BCUT2D eigenvalue weighted by Gasteiger charge is 2.46. The monoisotopic (exact) mass is 480 g/mol. The fourth-order valence-electron chi connectivity index (χ4n) is 2.24. The number of nitrogens with zero attached hydrogens (tertiary/aromatic N) is 3. The van der Waals surface area contributed by atoms with Gasteiger partial charge in [0.05, 0.1) is 27.1 Å². The van der Waals surface area contributed by atoms with Crippen LogP contribution >= 0.6 is 23.2 Å². The minimum Gasteiger partial charge on any atom is -0.450 e. The van der Waals surface area contributed by atoms with Crippen molar-refractivity contribution in [2.75, 3.05) is 11.9 Å². The lowest BCUT2D eigenvalue weighted by Crippen LogP contribution is -2.17. The quantitative estimate of drug-likeness (QED) is 0.344. The average Bonchev–Trinajstić information content (AvgIpc) is 2.93. The molecule has 0 spiro atoms. The van der Waals surface area contributed by atoms with Gasteiger partial charge in [0.25, 0.3) is 0 Å². The lowest BCUT2D eigenvalue weighted by molar-refractivity contribution is -0.387. The Morgan fingerprint density at radius 2 is 1.73 bits per heavy atom. The minimum absolute atomic E-state index is 0.114. The lowest BCUT2D eigenvalue weighted by Gasteiger charge is -2.14. The number of alkyl halides is 6. The number of halogens is 8. The van der Waals surface area contributed by atoms with Gasteiger partial charge < -0.3 is 4.74 Å². The van der Waals surface area contributed by atoms with Crippen molar-refractivity contribution >= 4 is 40.8 Å². The van der Waals surface area contributed by atoms with Crippen LogP contribution in [0.5, 0.6) is 0 Å². The molecule has 2 aromatic rings. The summed E-state index contributed by atoms with van der Waals surface area (Å²) in [4.78, 5) is 21.5. The SMILES string of the molecule is CCOC(=O)Nc1c([N+](=O)[O-])c(C(F)(F)F)nn1-c1c(Cl)cc(C(F)(F)F)cc1Cl. The van der Waals surface area contributed by atoms with Gasteiger partial charge in [0.1, 0.15) is 5.69 Å². The van der Waals surface area contributed by atoms with Crippen LogP contribution in [-0.2, 0) is 17.1 Å². The Morgan fingerprint density at radius 1 is 1.20 bits per heavy atom. The fraction of sp³-hybridized carbons (Fsp3) is 0.286. The molecule has 0 radical (unpaired) electrons. The van der Waals surface area contributed by atoms with E-state index >= 15 is 0 Å². The van der Waals surface area contributed by atoms with Crippen LogP contribution in [0.4, 0.5) is 42.6 Å². The summed E-state index contributed by atoms with van der Waals surface area (Å²) in [6.45, 7) is 1.09. The van der Waals surface area contributed by atoms with E-state index in [1.165, 1.54) is 6.92 Å². The topological polar surface area (TPSA) is 99.3 Å². The van der Waals surface area contributed by atoms with E-state index in [4.69, 9.17) is 23.2 Å². The number of nitrogens with one attached hydrogen (secondary N) is 1. The second-order valence-electron chi connectivity index (χ2n) is 5.34. The summed E-state index contributed by atoms with van der Waals surface area (Å²) < 4.78 is 83.1. The molecule has 1 aromatic heterocycles. The van der Waals surface area contributed by atoms with Gasteiger partial charge in [-0.3, -0.25) is 15.4 Å². The standard InChI is InChI=1S/C14H8Cl2F6N4O4/c1-2-30-12(27)23-11-9(26(28)29)10(14(20,21)22)24-25(11)8-6(15)3-5(4-7(8)16)13(17,18)19/h3-4H,2H2,1H3,(H,23,27). The molecule has 0 bridgehead atoms. The Kier molecular flexibility index (Phi) is 6.42. The molecule has 1 amide bonds. The van der Waals surface area contributed by atoms with Crippen molar-refractivity contribution in [3.8, 4) is 5.69 Å². The smallest absolute Gasteiger partial charge is 0.442 e. The molecule has 2 rings (SSSR count). The van der Waals surface area contributed by atoms with Crippen molar-refractivity contribution in [3.05, 3.63) is 43.5 Å². The number of hydrogen-bond donors (Lipinski definition) is 1. The highest BCUT2D eigenvalue weighted by molar-refractivity contribution is 6.38. The second kappa shape index (κ2) is 8.18. The number of aromatic nitrogens is 2. The first kappa shape index (κ1) is 23.5. The molecule has 1 aromatic carbocycles. The summed E-state index contributed by atoms with van der Waals surface area (Å²) >= 11 is 11.5. The number of amides is 1. The molecule has 0 aliphatic rings. The van der Waals surface area contributed by atoms with Gasteiger partial charge in [-0.25, -0.2) is 9.48 Å². The maximum atomic E-state index is 13.3. The van der Waals surface area contributed by atoms with Crippen LogP contribution in [0.2, 0.25) is 10.0 Å². The van der Waals surface area contributed by atoms with Crippen LogP contribution in [0.3, 0.4) is 0 Å². The zero-order valence-corrected chi connectivity index (χ0v) is 15.9. The predicted molar refractivity (Wildman–Crippen MR) is 90.9 cm³/mol. The number of carbonyl (C=O) groups is 1. The van der Waals surface area contributed by atoms with Gasteiger partial charge in [-0.2, -0.15) is 31.4 Å². The Morgan fingerprint density at radius 3 is 2.13 bits per heavy atom. The predicted octanol–water partition coefficient (Wildman–Crippen LogP) is 5.69. The van der Waals surface area contributed by atoms with Gasteiger partial charge >= 0.3 is 24.1 Å². The Hall–Kier alpha value is -2.74. The van der Waals surface area contributed by atoms with Crippen LogP contribution in [0, 0.1) is 10.1 Å². The summed E-state index contributed by atoms with van der Waals surface area (Å²) in [7, 11) is 0. The van der Waals surface area contributed by atoms with Crippen molar-refractivity contribution in [1.29, 1.82) is 0 Å². The molecular weight excluding hydrogens is 473 g/mol. The maximum Gasteiger partial charge on any atom is 0.442 e. The van der Waals surface area contributed by atoms with Gasteiger partial charge in [0, 0.05) is 0 Å². The number of anilines is 1. The first-order valence-corrected chi connectivity index (χ1v) is 8.29. The summed E-state index contributed by atoms with van der Waals surface area (Å²) in [5, 5.41) is 14.3. The molecule has 0 unspecified atom stereocenters. The van der Waals surface area contributed by atoms with Crippen LogP contribution in [-0.4, -0.2) is 27.4 Å². The second-order valence-corrected chi connectivity index (χ2v) is 6.16. The van der Waals surface area contributed by atoms with Crippen molar-refractivity contribution in [3.63, 3.8) is 0 Å². The molecule has 1 N–H and O–H groups in total. The molecule has 0 saturated carbocycles. The van der Waals surface area contributed by atoms with Crippen molar-refractivity contribution < 1.29 is 40.8 Å². The highest BCUT2D eigenvalue weighted by Crippen LogP contribution is 2.44. The Bertz CT molecular complexity index is 983. The van der Waals surface area contributed by atoms with E-state index in [-0.39, 0.29) is 11.3 Å². The van der Waals surface area contributed by atoms with Gasteiger partial charge in [0.2, 0.25) is 11.5 Å². The summed E-state index contributed by atoms with van der Waals surface area (Å²) in [5.41, 5.74) is -5.84. The summed E-state index contributed by atoms with van der Waals surface area (Å²) in [5.74, 6) is -1.17. The first-order valence-electron chi connectivity index (χ1n) is 7.53. The number of nitro groups is 1. The number of benzene rings is 1. The third kappa shape index (κ3) is 4.70. The maximum absolute atomic E-state index is 13.3. The molecular formula is C14H8Cl2F6N4O4. The molecule has 0 aliphatic carbocycles. The molecule has 16 heteroatoms. The van der Waals surface area contributed by atoms with Crippen LogP contribution < -0.4 is 5.32 Å². The Balaban J connectivity index is 2.85. The number of rotatable bonds is 4. The normalized spacial score (nSPS) is 12.0. The summed E-state index contributed by atoms with van der Waals surface area (Å²) in [6, 6.07) is 0.662. The molecule has 0 saturated heterocycles. The molecule has 1 heterocycles. The van der Waals surface area contributed by atoms with Crippen molar-refractivity contribution in [2.45, 2.75) is 19.3 Å². The average molecular weight is 481 g/mol. The summed E-state index contributed by atoms with van der Waals surface area (Å²) in [6.07, 6.45) is -11.7. The molecule has 30 heavy (non-hydrogen) atoms. The van der Waals surface area contributed by atoms with E-state index in [1.54, 1.807) is 5.32 Å². The number of carbonyl (C=O) groups excluding carboxylic acids is 1. The molecule has 8 nitrogen and oxygen atoms in total. The number of hydrogen-bond acceptors (Lipinski definition) is 5. The molecule has 0 aliphatic heterocycles. The van der Waals surface area contributed by atoms with Crippen molar-refractivity contribution in [1.82, 2.24) is 9.78 Å². The van der Waals surface area contributed by atoms with E-state index in [0.717, 1.165) is 0 Å². The molecule has 0 atom stereocenters. The molecule has 0 fully saturated rings. The van der Waals surface area contributed by atoms with E-state index in [0.29, 0.717) is 12.1 Å². The van der Waals surface area contributed by atoms with Gasteiger partial charge in [0.15, 0.2) is 0 Å². The van der Waals surface area contributed by atoms with E-state index in [2.05, 4.69) is 9.84 Å². The fourth-order valence-corrected chi connectivity index (χ4v) is 2.89. The van der Waals surface area contributed by atoms with E-state index in [1.807, 2.05) is 0 Å². The van der Waals surface area contributed by atoms with Crippen molar-refractivity contribution in [2.24, 2.45) is 0 Å². The largest absolute Gasteiger partial charge is 0.450 e. The van der Waals surface area contributed by atoms with Crippen LogP contribution in [0.1, 0.15) is 18.2 Å². The molecule has 164 valence electrons. The zero-order chi connectivity index (χ0) is 23.0. The van der Waals surface area contributed by atoms with Crippen LogP contribution in [0.25, 0.3) is 5.69 Å². The van der Waals surface area contributed by atoms with E-state index in [9.17, 15) is 41.3 Å². The zero-order valence-electron chi connectivity index (χ0n) is 14.4. The first-order chi connectivity index (χ1) is 13.7. The highest BCUT2D eigenvalue weighted by atomic mass is 35.5. The van der Waals surface area contributed by atoms with Gasteiger partial charge in [-0.15, -0.1) is 0 Å². The third-order valence-corrected chi connectivity index (χ3v) is 3.94. The Labute approximate surface area is 172 Å². The minimum atomic E-state index is -5.37. The van der Waals surface area contributed by atoms with E-state index < -0.39 is 61.9 Å². The van der Waals surface area contributed by atoms with Crippen LogP contribution in [0.15, 0.2) is 12.1 Å².